The fraction of sp³-hybridized carbons (Fsp3) is 0.316. The van der Waals surface area contributed by atoms with Gasteiger partial charge >= 0.3 is 0 Å². The van der Waals surface area contributed by atoms with Crippen molar-refractivity contribution >= 4 is 23.4 Å². The molecule has 0 unspecified atom stereocenters. The van der Waals surface area contributed by atoms with E-state index in [0.29, 0.717) is 18.0 Å². The van der Waals surface area contributed by atoms with Gasteiger partial charge in [-0.05, 0) is 24.3 Å². The Hall–Kier alpha value is -3.29. The van der Waals surface area contributed by atoms with E-state index >= 15 is 0 Å². The molecule has 0 bridgehead atoms. The maximum Gasteiger partial charge on any atom is 0.287 e. The number of carbonyl (C=O) groups excluding carboxylic acids is 3. The number of nitrogens with one attached hydrogen (secondary N) is 2. The first kappa shape index (κ1) is 18.5. The van der Waals surface area contributed by atoms with Crippen molar-refractivity contribution in [3.05, 3.63) is 48.4 Å². The lowest BCUT2D eigenvalue weighted by atomic mass is 10.1. The summed E-state index contributed by atoms with van der Waals surface area (Å²) in [5, 5.41) is 5.40. The van der Waals surface area contributed by atoms with E-state index in [1.54, 1.807) is 36.3 Å². The van der Waals surface area contributed by atoms with E-state index in [4.69, 9.17) is 9.15 Å². The number of carbonyl (C=O) groups is 3. The van der Waals surface area contributed by atoms with E-state index in [0.717, 1.165) is 0 Å². The highest BCUT2D eigenvalue weighted by Gasteiger charge is 2.36. The molecule has 1 saturated heterocycles. The van der Waals surface area contributed by atoms with Crippen molar-refractivity contribution in [2.75, 3.05) is 31.6 Å². The van der Waals surface area contributed by atoms with Gasteiger partial charge in [0.05, 0.1) is 25.0 Å². The summed E-state index contributed by atoms with van der Waals surface area (Å²) in [6, 6.07) is 10.4. The van der Waals surface area contributed by atoms with Gasteiger partial charge in [-0.3, -0.25) is 14.4 Å². The van der Waals surface area contributed by atoms with Gasteiger partial charge in [0.25, 0.3) is 5.91 Å². The van der Waals surface area contributed by atoms with Crippen molar-refractivity contribution in [1.29, 1.82) is 0 Å². The van der Waals surface area contributed by atoms with Crippen LogP contribution in [0.25, 0.3) is 0 Å². The Morgan fingerprint density at radius 2 is 1.96 bits per heavy atom. The predicted molar refractivity (Wildman–Crippen MR) is 97.5 cm³/mol. The lowest BCUT2D eigenvalue weighted by Crippen LogP contribution is -2.38. The Morgan fingerprint density at radius 1 is 1.19 bits per heavy atom. The summed E-state index contributed by atoms with van der Waals surface area (Å²) >= 11 is 0. The Balaban J connectivity index is 1.48. The molecule has 0 spiro atoms. The van der Waals surface area contributed by atoms with E-state index < -0.39 is 5.92 Å². The molecule has 1 aromatic carbocycles. The van der Waals surface area contributed by atoms with Crippen molar-refractivity contribution in [2.24, 2.45) is 5.92 Å². The third-order valence-electron chi connectivity index (χ3n) is 4.33. The van der Waals surface area contributed by atoms with Crippen LogP contribution in [0.15, 0.2) is 47.1 Å². The second-order valence-corrected chi connectivity index (χ2v) is 6.10. The third kappa shape index (κ3) is 4.28. The lowest BCUT2D eigenvalue weighted by Gasteiger charge is -2.19. The second-order valence-electron chi connectivity index (χ2n) is 6.10. The van der Waals surface area contributed by atoms with Crippen molar-refractivity contribution < 1.29 is 23.5 Å². The highest BCUT2D eigenvalue weighted by atomic mass is 16.5. The van der Waals surface area contributed by atoms with Crippen LogP contribution in [-0.2, 0) is 9.59 Å². The number of rotatable bonds is 7. The molecule has 1 aromatic heterocycles. The monoisotopic (exact) mass is 371 g/mol. The smallest absolute Gasteiger partial charge is 0.287 e. The maximum absolute atomic E-state index is 12.3. The number of methoxy groups -OCH3 is 1. The Labute approximate surface area is 156 Å². The first-order chi connectivity index (χ1) is 13.1. The van der Waals surface area contributed by atoms with Gasteiger partial charge < -0.3 is 24.7 Å². The van der Waals surface area contributed by atoms with Crippen molar-refractivity contribution in [3.63, 3.8) is 0 Å². The van der Waals surface area contributed by atoms with Crippen LogP contribution < -0.4 is 20.3 Å². The fourth-order valence-electron chi connectivity index (χ4n) is 2.97. The van der Waals surface area contributed by atoms with Crippen LogP contribution in [-0.4, -0.2) is 44.5 Å². The molecule has 0 radical (unpaired) electrons. The van der Waals surface area contributed by atoms with Crippen molar-refractivity contribution in [1.82, 2.24) is 10.6 Å². The molecule has 3 rings (SSSR count). The fourth-order valence-corrected chi connectivity index (χ4v) is 2.97. The Bertz CT molecular complexity index is 819. The van der Waals surface area contributed by atoms with Crippen LogP contribution in [0.5, 0.6) is 5.75 Å². The quantitative estimate of drug-likeness (QED) is 0.712. The molecule has 8 heteroatoms. The number of nitrogens with zero attached hydrogens (tertiary/aromatic N) is 1. The second kappa shape index (κ2) is 8.39. The molecule has 3 amide bonds. The molecule has 0 aliphatic carbocycles. The minimum absolute atomic E-state index is 0.120. The van der Waals surface area contributed by atoms with E-state index in [1.165, 1.54) is 6.26 Å². The average Bonchev–Trinajstić information content (AvgIpc) is 3.35. The molecule has 1 atom stereocenters. The van der Waals surface area contributed by atoms with Crippen LogP contribution >= 0.6 is 0 Å². The van der Waals surface area contributed by atoms with Gasteiger partial charge in [0.15, 0.2) is 5.76 Å². The number of para-hydroxylation sites is 2. The van der Waals surface area contributed by atoms with Crippen molar-refractivity contribution in [3.8, 4) is 5.75 Å². The standard InChI is InChI=1S/C19H21N3O5/c1-26-15-6-3-2-5-14(15)22-12-13(11-17(22)23)18(24)20-8-9-21-19(25)16-7-4-10-27-16/h2-7,10,13H,8-9,11-12H2,1H3,(H,20,24)(H,21,25)/t13-/m0/s1. The Morgan fingerprint density at radius 3 is 2.70 bits per heavy atom. The molecule has 27 heavy (non-hydrogen) atoms. The van der Waals surface area contributed by atoms with Gasteiger partial charge in [-0.15, -0.1) is 0 Å². The number of anilines is 1. The topological polar surface area (TPSA) is 101 Å². The summed E-state index contributed by atoms with van der Waals surface area (Å²) in [4.78, 5) is 38.0. The maximum atomic E-state index is 12.3. The van der Waals surface area contributed by atoms with Gasteiger partial charge in [0, 0.05) is 26.1 Å². The highest BCUT2D eigenvalue weighted by Crippen LogP contribution is 2.32. The summed E-state index contributed by atoms with van der Waals surface area (Å²) in [5.74, 6) is -0.308. The molecule has 2 N–H and O–H groups in total. The summed E-state index contributed by atoms with van der Waals surface area (Å²) in [6.07, 6.45) is 1.56. The number of hydrogen-bond acceptors (Lipinski definition) is 5. The lowest BCUT2D eigenvalue weighted by molar-refractivity contribution is -0.126. The summed E-state index contributed by atoms with van der Waals surface area (Å²) in [6.45, 7) is 0.830. The number of furan rings is 1. The molecule has 2 heterocycles. The minimum Gasteiger partial charge on any atom is -0.495 e. The highest BCUT2D eigenvalue weighted by molar-refractivity contribution is 6.01. The number of hydrogen-bond donors (Lipinski definition) is 2. The van der Waals surface area contributed by atoms with E-state index in [9.17, 15) is 14.4 Å². The van der Waals surface area contributed by atoms with E-state index in [1.807, 2.05) is 12.1 Å². The third-order valence-corrected chi connectivity index (χ3v) is 4.33. The summed E-state index contributed by atoms with van der Waals surface area (Å²) < 4.78 is 10.3. The zero-order valence-electron chi connectivity index (χ0n) is 14.9. The SMILES string of the molecule is COc1ccccc1N1C[C@@H](C(=O)NCCNC(=O)c2ccco2)CC1=O. The molecular formula is C19H21N3O5. The summed E-state index contributed by atoms with van der Waals surface area (Å²) in [7, 11) is 1.54. The largest absolute Gasteiger partial charge is 0.495 e. The molecular weight excluding hydrogens is 350 g/mol. The molecule has 8 nitrogen and oxygen atoms in total. The minimum atomic E-state index is -0.441. The Kier molecular flexibility index (Phi) is 5.75. The van der Waals surface area contributed by atoms with Crippen LogP contribution in [0.3, 0.4) is 0 Å². The average molecular weight is 371 g/mol. The van der Waals surface area contributed by atoms with Crippen LogP contribution in [0.4, 0.5) is 5.69 Å². The zero-order chi connectivity index (χ0) is 19.2. The van der Waals surface area contributed by atoms with Gasteiger partial charge in [0.2, 0.25) is 11.8 Å². The van der Waals surface area contributed by atoms with Crippen LogP contribution in [0, 0.1) is 5.92 Å². The van der Waals surface area contributed by atoms with Crippen LogP contribution in [0.1, 0.15) is 17.0 Å². The summed E-state index contributed by atoms with van der Waals surface area (Å²) in [5.41, 5.74) is 0.658. The normalized spacial score (nSPS) is 16.3. The number of ether oxygens (including phenoxy) is 1. The van der Waals surface area contributed by atoms with E-state index in [-0.39, 0.29) is 43.0 Å². The van der Waals surface area contributed by atoms with E-state index in [2.05, 4.69) is 10.6 Å². The predicted octanol–water partition coefficient (Wildman–Crippen LogP) is 1.19. The molecule has 0 saturated carbocycles. The van der Waals surface area contributed by atoms with Gasteiger partial charge in [-0.1, -0.05) is 12.1 Å². The molecule has 142 valence electrons. The van der Waals surface area contributed by atoms with Crippen molar-refractivity contribution in [2.45, 2.75) is 6.42 Å². The van der Waals surface area contributed by atoms with Gasteiger partial charge in [-0.25, -0.2) is 0 Å². The molecule has 1 aliphatic heterocycles. The molecule has 2 aromatic rings. The number of benzene rings is 1. The van der Waals surface area contributed by atoms with Gasteiger partial charge in [-0.2, -0.15) is 0 Å². The first-order valence-electron chi connectivity index (χ1n) is 8.63. The van der Waals surface area contributed by atoms with Gasteiger partial charge in [0.1, 0.15) is 5.75 Å². The molecule has 1 fully saturated rings. The molecule has 1 aliphatic rings. The number of amides is 3. The van der Waals surface area contributed by atoms with Crippen LogP contribution in [0.2, 0.25) is 0 Å². The first-order valence-corrected chi connectivity index (χ1v) is 8.63. The zero-order valence-corrected chi connectivity index (χ0v) is 14.9.